The Morgan fingerprint density at radius 2 is 0.962 bits per heavy atom. The van der Waals surface area contributed by atoms with Crippen molar-refractivity contribution in [3.8, 4) is 0 Å². The van der Waals surface area contributed by atoms with Crippen LogP contribution in [0, 0.1) is 0 Å². The van der Waals surface area contributed by atoms with E-state index < -0.39 is 0 Å². The van der Waals surface area contributed by atoms with E-state index in [-0.39, 0.29) is 12.2 Å². The molecule has 4 nitrogen and oxygen atoms in total. The van der Waals surface area contributed by atoms with Gasteiger partial charge in [0.15, 0.2) is 0 Å². The topological polar surface area (TPSA) is 24.9 Å². The average Bonchev–Trinajstić information content (AvgIpc) is 2.64. The Morgan fingerprint density at radius 1 is 0.615 bits per heavy atom. The van der Waals surface area contributed by atoms with Crippen molar-refractivity contribution in [3.05, 3.63) is 71.8 Å². The van der Waals surface area contributed by atoms with E-state index in [1.54, 1.807) is 0 Å². The lowest BCUT2D eigenvalue weighted by molar-refractivity contribution is -0.0821. The molecule has 0 fully saturated rings. The van der Waals surface area contributed by atoms with Crippen LogP contribution in [-0.4, -0.2) is 64.3 Å². The van der Waals surface area contributed by atoms with Crippen molar-refractivity contribution < 1.29 is 9.47 Å². The Kier molecular flexibility index (Phi) is 8.78. The van der Waals surface area contributed by atoms with Gasteiger partial charge in [-0.2, -0.15) is 0 Å². The summed E-state index contributed by atoms with van der Waals surface area (Å²) < 4.78 is 12.7. The molecule has 2 rings (SSSR count). The van der Waals surface area contributed by atoms with Crippen LogP contribution in [0.4, 0.5) is 0 Å². The minimum absolute atomic E-state index is 0.138. The second kappa shape index (κ2) is 11.1. The van der Waals surface area contributed by atoms with Crippen molar-refractivity contribution in [2.75, 3.05) is 54.5 Å². The minimum Gasteiger partial charge on any atom is -0.369 e. The summed E-state index contributed by atoms with van der Waals surface area (Å²) in [5.41, 5.74) is 2.29. The normalized spacial score (nSPS) is 13.9. The van der Waals surface area contributed by atoms with Crippen molar-refractivity contribution in [2.24, 2.45) is 0 Å². The molecule has 2 atom stereocenters. The van der Waals surface area contributed by atoms with Crippen LogP contribution in [0.15, 0.2) is 60.7 Å². The largest absolute Gasteiger partial charge is 0.369 e. The summed E-state index contributed by atoms with van der Waals surface area (Å²) >= 11 is 0. The van der Waals surface area contributed by atoms with Gasteiger partial charge in [0.05, 0.1) is 13.2 Å². The molecule has 142 valence electrons. The maximum atomic E-state index is 6.33. The van der Waals surface area contributed by atoms with Crippen molar-refractivity contribution in [2.45, 2.75) is 12.2 Å². The quantitative estimate of drug-likeness (QED) is 0.614. The maximum Gasteiger partial charge on any atom is 0.113 e. The van der Waals surface area contributed by atoms with Crippen LogP contribution < -0.4 is 0 Å². The van der Waals surface area contributed by atoms with Crippen molar-refractivity contribution in [3.63, 3.8) is 0 Å². The van der Waals surface area contributed by atoms with Gasteiger partial charge in [0.1, 0.15) is 12.2 Å². The Labute approximate surface area is 158 Å². The zero-order valence-electron chi connectivity index (χ0n) is 16.5. The van der Waals surface area contributed by atoms with Gasteiger partial charge in [-0.1, -0.05) is 60.7 Å². The molecule has 0 radical (unpaired) electrons. The first-order valence-corrected chi connectivity index (χ1v) is 9.20. The van der Waals surface area contributed by atoms with Gasteiger partial charge in [-0.05, 0) is 39.3 Å². The van der Waals surface area contributed by atoms with Gasteiger partial charge >= 0.3 is 0 Å². The lowest BCUT2D eigenvalue weighted by atomic mass is 9.98. The number of rotatable bonds is 11. The summed E-state index contributed by atoms with van der Waals surface area (Å²) in [5, 5.41) is 0. The van der Waals surface area contributed by atoms with Gasteiger partial charge in [-0.25, -0.2) is 0 Å². The van der Waals surface area contributed by atoms with Crippen LogP contribution in [-0.2, 0) is 9.47 Å². The first-order chi connectivity index (χ1) is 12.6. The number of ether oxygens (including phenoxy) is 2. The third kappa shape index (κ3) is 6.89. The number of hydrogen-bond donors (Lipinski definition) is 0. The molecular weight excluding hydrogens is 324 g/mol. The molecule has 0 saturated heterocycles. The first kappa shape index (κ1) is 20.6. The molecule has 0 spiro atoms. The van der Waals surface area contributed by atoms with E-state index in [9.17, 15) is 0 Å². The molecule has 4 heteroatoms. The Balaban J connectivity index is 2.23. The molecule has 0 aliphatic carbocycles. The summed E-state index contributed by atoms with van der Waals surface area (Å²) in [6, 6.07) is 20.8. The molecule has 0 saturated carbocycles. The van der Waals surface area contributed by atoms with Gasteiger partial charge in [0, 0.05) is 13.1 Å². The van der Waals surface area contributed by atoms with Crippen LogP contribution in [0.5, 0.6) is 0 Å². The van der Waals surface area contributed by atoms with Crippen LogP contribution in [0.3, 0.4) is 0 Å². The fourth-order valence-electron chi connectivity index (χ4n) is 2.73. The third-order valence-electron chi connectivity index (χ3n) is 4.20. The molecule has 0 amide bonds. The van der Waals surface area contributed by atoms with Crippen LogP contribution >= 0.6 is 0 Å². The van der Waals surface area contributed by atoms with E-state index in [1.165, 1.54) is 0 Å². The van der Waals surface area contributed by atoms with E-state index in [0.717, 1.165) is 24.2 Å². The summed E-state index contributed by atoms with van der Waals surface area (Å²) in [7, 11) is 8.23. The lowest BCUT2D eigenvalue weighted by Crippen LogP contribution is -2.25. The monoisotopic (exact) mass is 356 g/mol. The molecule has 2 aromatic rings. The number of likely N-dealkylation sites (N-methyl/N-ethyl adjacent to an activating group) is 2. The predicted octanol–water partition coefficient (Wildman–Crippen LogP) is 3.63. The lowest BCUT2D eigenvalue weighted by Gasteiger charge is -2.29. The van der Waals surface area contributed by atoms with Crippen LogP contribution in [0.25, 0.3) is 0 Å². The zero-order chi connectivity index (χ0) is 18.8. The Bertz CT molecular complexity index is 547. The number of benzene rings is 2. The zero-order valence-corrected chi connectivity index (χ0v) is 16.5. The predicted molar refractivity (Wildman–Crippen MR) is 107 cm³/mol. The highest BCUT2D eigenvalue weighted by Gasteiger charge is 2.26. The summed E-state index contributed by atoms with van der Waals surface area (Å²) in [4.78, 5) is 4.26. The van der Waals surface area contributed by atoms with E-state index in [4.69, 9.17) is 9.47 Å². The maximum absolute atomic E-state index is 6.33. The fraction of sp³-hybridized carbons (Fsp3) is 0.455. The molecule has 0 unspecified atom stereocenters. The molecule has 0 N–H and O–H groups in total. The van der Waals surface area contributed by atoms with E-state index >= 15 is 0 Å². The minimum atomic E-state index is -0.138. The summed E-state index contributed by atoms with van der Waals surface area (Å²) in [6.07, 6.45) is -0.276. The van der Waals surface area contributed by atoms with Crippen LogP contribution in [0.1, 0.15) is 23.3 Å². The van der Waals surface area contributed by atoms with Gasteiger partial charge < -0.3 is 19.3 Å². The van der Waals surface area contributed by atoms with E-state index in [2.05, 4.69) is 86.5 Å². The molecule has 0 aromatic heterocycles. The van der Waals surface area contributed by atoms with Gasteiger partial charge in [-0.15, -0.1) is 0 Å². The van der Waals surface area contributed by atoms with Gasteiger partial charge in [0.25, 0.3) is 0 Å². The highest BCUT2D eigenvalue weighted by atomic mass is 16.5. The first-order valence-electron chi connectivity index (χ1n) is 9.20. The Hall–Kier alpha value is -1.72. The second-order valence-electron chi connectivity index (χ2n) is 7.01. The molecule has 0 bridgehead atoms. The van der Waals surface area contributed by atoms with E-state index in [1.807, 2.05) is 12.1 Å². The molecule has 0 aliphatic heterocycles. The molecule has 26 heavy (non-hydrogen) atoms. The molecular formula is C22H32N2O2. The highest BCUT2D eigenvalue weighted by Crippen LogP contribution is 2.35. The summed E-state index contributed by atoms with van der Waals surface area (Å²) in [5.74, 6) is 0. The van der Waals surface area contributed by atoms with Crippen LogP contribution in [0.2, 0.25) is 0 Å². The smallest absolute Gasteiger partial charge is 0.113 e. The number of hydrogen-bond acceptors (Lipinski definition) is 4. The van der Waals surface area contributed by atoms with Crippen molar-refractivity contribution in [1.82, 2.24) is 9.80 Å². The highest BCUT2D eigenvalue weighted by molar-refractivity contribution is 5.25. The van der Waals surface area contributed by atoms with E-state index in [0.29, 0.717) is 13.2 Å². The molecule has 0 heterocycles. The Morgan fingerprint density at radius 3 is 1.27 bits per heavy atom. The van der Waals surface area contributed by atoms with Crippen molar-refractivity contribution >= 4 is 0 Å². The SMILES string of the molecule is CN(C)CCO[C@@H](c1ccccc1)[C@@H](OCCN(C)C)c1ccccc1. The standard InChI is InChI=1S/C22H32N2O2/c1-23(2)15-17-25-21(19-11-7-5-8-12-19)22(26-18-16-24(3)4)20-13-9-6-10-14-20/h5-14,21-22H,15-18H2,1-4H3/t21-,22-/m0/s1. The second-order valence-corrected chi connectivity index (χ2v) is 7.01. The number of nitrogens with zero attached hydrogens (tertiary/aromatic N) is 2. The fourth-order valence-corrected chi connectivity index (χ4v) is 2.73. The van der Waals surface area contributed by atoms with Gasteiger partial charge in [0.2, 0.25) is 0 Å². The average molecular weight is 357 g/mol. The molecule has 0 aliphatic rings. The van der Waals surface area contributed by atoms with Gasteiger partial charge in [-0.3, -0.25) is 0 Å². The summed E-state index contributed by atoms with van der Waals surface area (Å²) in [6.45, 7) is 3.07. The van der Waals surface area contributed by atoms with Crippen molar-refractivity contribution in [1.29, 1.82) is 0 Å². The third-order valence-corrected chi connectivity index (χ3v) is 4.20. The molecule has 2 aromatic carbocycles.